The number of nitrogens with two attached hydrogens (primary N) is 5. The Labute approximate surface area is 724 Å². The van der Waals surface area contributed by atoms with Crippen LogP contribution in [0.15, 0.2) is 54.6 Å². The zero-order valence-electron chi connectivity index (χ0n) is 71.6. The van der Waals surface area contributed by atoms with Crippen LogP contribution in [-0.2, 0) is 94.3 Å². The van der Waals surface area contributed by atoms with E-state index in [1.165, 1.54) is 47.9 Å². The third-order valence-electron chi connectivity index (χ3n) is 21.7. The summed E-state index contributed by atoms with van der Waals surface area (Å²) in [6.45, 7) is 9.08. The van der Waals surface area contributed by atoms with Crippen LogP contribution in [0.5, 0.6) is 5.75 Å². The highest BCUT2D eigenvalue weighted by molar-refractivity contribution is 6.02. The van der Waals surface area contributed by atoms with Gasteiger partial charge in [-0.15, -0.1) is 0 Å². The van der Waals surface area contributed by atoms with E-state index in [1.54, 1.807) is 58.0 Å². The molecule has 5 rings (SSSR count). The van der Waals surface area contributed by atoms with Gasteiger partial charge < -0.3 is 133 Å². The molecule has 3 saturated heterocycles. The molecule has 3 heterocycles. The van der Waals surface area contributed by atoms with Crippen molar-refractivity contribution in [2.75, 3.05) is 45.9 Å². The highest BCUT2D eigenvalue weighted by Crippen LogP contribution is 2.26. The molecule has 0 radical (unpaired) electrons. The lowest BCUT2D eigenvalue weighted by Gasteiger charge is -2.33. The molecule has 3 aliphatic heterocycles. The van der Waals surface area contributed by atoms with Gasteiger partial charge in [-0.25, -0.2) is 4.79 Å². The van der Waals surface area contributed by atoms with Crippen LogP contribution in [0.3, 0.4) is 0 Å². The highest BCUT2D eigenvalue weighted by Gasteiger charge is 2.45. The molecule has 29 N–H and O–H groups in total. The van der Waals surface area contributed by atoms with E-state index in [9.17, 15) is 97.1 Å². The molecule has 3 fully saturated rings. The summed E-state index contributed by atoms with van der Waals surface area (Å²) in [5.74, 6) is -17.5. The molecule has 3 aliphatic rings. The van der Waals surface area contributed by atoms with E-state index in [1.807, 2.05) is 0 Å². The van der Waals surface area contributed by atoms with E-state index in [-0.39, 0.29) is 147 Å². The fourth-order valence-corrected chi connectivity index (χ4v) is 14.6. The van der Waals surface area contributed by atoms with Gasteiger partial charge in [0.15, 0.2) is 11.9 Å². The van der Waals surface area contributed by atoms with Crippen molar-refractivity contribution in [2.45, 2.75) is 261 Å². The Balaban J connectivity index is 1.27. The number of carbonyl (C=O) groups excluding carboxylic acids is 15. The lowest BCUT2D eigenvalue weighted by atomic mass is 9.95. The van der Waals surface area contributed by atoms with Gasteiger partial charge in [0.2, 0.25) is 88.6 Å². The number of primary amides is 1. The van der Waals surface area contributed by atoms with Crippen LogP contribution in [0.4, 0.5) is 0 Å². The van der Waals surface area contributed by atoms with E-state index >= 15 is 4.79 Å². The Morgan fingerprint density at radius 2 is 0.896 bits per heavy atom. The van der Waals surface area contributed by atoms with Crippen LogP contribution in [0.2, 0.25) is 0 Å². The van der Waals surface area contributed by atoms with Gasteiger partial charge in [-0.3, -0.25) is 87.5 Å². The number of hydrogen-bond acceptors (Lipinski definition) is 23. The minimum atomic E-state index is -1.88. The third kappa shape index (κ3) is 33.7. The van der Waals surface area contributed by atoms with Gasteiger partial charge in [-0.05, 0) is 152 Å². The van der Waals surface area contributed by atoms with Crippen molar-refractivity contribution in [1.29, 1.82) is 10.8 Å². The van der Waals surface area contributed by atoms with E-state index < -0.39 is 222 Å². The molecule has 0 bridgehead atoms. The number of phenolic OH excluding ortho intramolecular Hbond substituents is 1. The standard InChI is InChI=1S/C81H127N23O21/c1-7-44(4)64(78(123)104-37-17-25-61(104)73(118)95-53(79(124)125)22-14-34-90-81(87)88)101-71(116)54(38-43(2)3)98-74(119)59-23-15-35-102(59)76(121)46(6)92-65(110)45(5)91-72(117)58(42-105)100-75(120)60-24-16-36-103(60)77(122)57(40-48-26-28-49(106)29-27-48)99-70(115)56(41-62(84)107)97-68(113)51(20-11-12-32-82)93-67(112)52(21-13-33-89-80(85)86)94-69(114)55(39-47-18-9-8-10-19-47)96-66(111)50(83)30-31-63(108)109/h8-10,18-19,26-29,43-46,50-61,64,105-106H,7,11-17,20-25,30-42,82-83H2,1-6H3,(H2,84,107)(H,91,117)(H,92,110)(H,93,112)(H,94,114)(H,95,118)(H,96,111)(H,97,113)(H,98,119)(H,99,115)(H,100,120)(H,101,116)(H,108,109)(H,124,125)(H4,85,86,89)(H4,87,88,90)/t44-,45-,46-,50-,51-,52-,53-,54-,55-,56-,57-,58-,59-,60-,61-,64-/m0/s1. The summed E-state index contributed by atoms with van der Waals surface area (Å²) in [6, 6.07) is -7.36. The normalized spacial score (nSPS) is 17.9. The van der Waals surface area contributed by atoms with Gasteiger partial charge >= 0.3 is 11.9 Å². The van der Waals surface area contributed by atoms with Gasteiger partial charge in [0, 0.05) is 52.0 Å². The van der Waals surface area contributed by atoms with Crippen molar-refractivity contribution >= 4 is 112 Å². The number of nitrogens with zero attached hydrogens (tertiary/aromatic N) is 3. The molecular weight excluding hydrogens is 1630 g/mol. The average molecular weight is 1760 g/mol. The summed E-state index contributed by atoms with van der Waals surface area (Å²) >= 11 is 0. The lowest BCUT2D eigenvalue weighted by molar-refractivity contribution is -0.146. The van der Waals surface area contributed by atoms with Gasteiger partial charge in [0.1, 0.15) is 90.3 Å². The fourth-order valence-electron chi connectivity index (χ4n) is 14.6. The number of likely N-dealkylation sites (tertiary alicyclic amines) is 3. The van der Waals surface area contributed by atoms with Gasteiger partial charge in [0.05, 0.1) is 19.1 Å². The molecule has 44 nitrogen and oxygen atoms in total. The van der Waals surface area contributed by atoms with Crippen molar-refractivity contribution in [3.05, 3.63) is 65.7 Å². The van der Waals surface area contributed by atoms with Gasteiger partial charge in [0.25, 0.3) is 0 Å². The Morgan fingerprint density at radius 1 is 0.464 bits per heavy atom. The molecule has 0 spiro atoms. The Hall–Kier alpha value is -12.4. The first-order chi connectivity index (χ1) is 59.2. The molecule has 2 aromatic rings. The lowest BCUT2D eigenvalue weighted by Crippen LogP contribution is -2.61. The summed E-state index contributed by atoms with van der Waals surface area (Å²) in [5.41, 5.74) is 29.2. The topological polar surface area (TPSA) is 715 Å². The second-order valence-electron chi connectivity index (χ2n) is 32.1. The number of aliphatic hydroxyl groups excluding tert-OH is 1. The van der Waals surface area contributed by atoms with E-state index in [4.69, 9.17) is 39.5 Å². The first kappa shape index (κ1) is 103. The zero-order chi connectivity index (χ0) is 92.9. The molecular formula is C81H127N23O21. The Morgan fingerprint density at radius 3 is 1.39 bits per heavy atom. The predicted molar refractivity (Wildman–Crippen MR) is 452 cm³/mol. The van der Waals surface area contributed by atoms with Crippen LogP contribution < -0.4 is 97.8 Å². The minimum absolute atomic E-state index is 0.00421. The smallest absolute Gasteiger partial charge is 0.326 e. The Kier molecular flexibility index (Phi) is 42.7. The number of rotatable bonds is 52. The van der Waals surface area contributed by atoms with E-state index in [2.05, 4.69) is 69.1 Å². The predicted octanol–water partition coefficient (Wildman–Crippen LogP) is -5.58. The van der Waals surface area contributed by atoms with E-state index in [0.29, 0.717) is 36.8 Å². The number of aliphatic carboxylic acids is 2. The van der Waals surface area contributed by atoms with Crippen molar-refractivity contribution < 1.29 is 102 Å². The van der Waals surface area contributed by atoms with Crippen LogP contribution in [0.1, 0.15) is 168 Å². The molecule has 0 aromatic heterocycles. The number of nitrogens with one attached hydrogen (secondary N) is 15. The molecule has 44 heteroatoms. The molecule has 2 aromatic carbocycles. The van der Waals surface area contributed by atoms with Crippen molar-refractivity contribution in [2.24, 2.45) is 40.5 Å². The first-order valence-corrected chi connectivity index (χ1v) is 42.2. The van der Waals surface area contributed by atoms with Crippen LogP contribution in [0.25, 0.3) is 0 Å². The number of benzene rings is 2. The summed E-state index contributed by atoms with van der Waals surface area (Å²) in [6.07, 6.45) is 0.101. The molecule has 15 amide bonds. The van der Waals surface area contributed by atoms with Gasteiger partial charge in [-0.1, -0.05) is 76.6 Å². The van der Waals surface area contributed by atoms with Crippen molar-refractivity contribution in [3.63, 3.8) is 0 Å². The maximum atomic E-state index is 15.0. The number of amides is 15. The maximum absolute atomic E-state index is 15.0. The zero-order valence-corrected chi connectivity index (χ0v) is 71.6. The maximum Gasteiger partial charge on any atom is 0.326 e. The second kappa shape index (κ2) is 51.7. The SMILES string of the molecule is CC[C@H](C)[C@H](NC(=O)[C@H](CC(C)C)NC(=O)[C@@H]1CCCN1C(=O)[C@H](C)NC(=O)[C@H](C)NC(=O)[C@H](CO)NC(=O)[C@@H]1CCCN1C(=O)[C@H](Cc1ccc(O)cc1)NC(=O)[C@H](CC(N)=O)NC(=O)[C@H](CCCCN)NC(=O)[C@H](CCCNC(=N)N)NC(=O)[C@H](Cc1ccccc1)NC(=O)[C@@H](N)CCC(=O)O)C(=O)N1CCC[C@H]1C(=O)N[C@@H](CCCNC(=N)N)C(=O)O. The van der Waals surface area contributed by atoms with Crippen LogP contribution in [0, 0.1) is 22.7 Å². The number of carboxylic acids is 2. The third-order valence-corrected chi connectivity index (χ3v) is 21.7. The van der Waals surface area contributed by atoms with Crippen molar-refractivity contribution in [1.82, 2.24) is 83.8 Å². The molecule has 0 unspecified atom stereocenters. The van der Waals surface area contributed by atoms with Crippen LogP contribution >= 0.6 is 0 Å². The summed E-state index contributed by atoms with van der Waals surface area (Å²) in [7, 11) is 0. The number of phenols is 1. The number of aliphatic hydroxyl groups is 1. The first-order valence-electron chi connectivity index (χ1n) is 42.2. The highest BCUT2D eigenvalue weighted by atomic mass is 16.4. The Bertz CT molecular complexity index is 4090. The monoisotopic (exact) mass is 1760 g/mol. The summed E-state index contributed by atoms with van der Waals surface area (Å²) in [4.78, 5) is 240. The number of carbonyl (C=O) groups is 17. The summed E-state index contributed by atoms with van der Waals surface area (Å²) < 4.78 is 0. The largest absolute Gasteiger partial charge is 0.508 e. The number of aromatic hydroxyl groups is 1. The summed E-state index contributed by atoms with van der Waals surface area (Å²) in [5, 5.41) is 88.3. The van der Waals surface area contributed by atoms with E-state index in [0.717, 1.165) is 4.90 Å². The molecule has 0 aliphatic carbocycles. The minimum Gasteiger partial charge on any atom is -0.508 e. The fraction of sp³-hybridized carbons (Fsp3) is 0.617. The molecule has 16 atom stereocenters. The second-order valence-corrected chi connectivity index (χ2v) is 32.1. The number of guanidine groups is 2. The van der Waals surface area contributed by atoms with Gasteiger partial charge in [-0.2, -0.15) is 0 Å². The number of hydrogen-bond donors (Lipinski definition) is 24. The molecule has 125 heavy (non-hydrogen) atoms. The quantitative estimate of drug-likeness (QED) is 0.0167. The molecule has 0 saturated carbocycles. The average Bonchev–Trinajstić information content (AvgIpc) is 1.71. The van der Waals surface area contributed by atoms with Crippen LogP contribution in [-0.4, -0.2) is 284 Å². The molecule has 692 valence electrons. The van der Waals surface area contributed by atoms with Crippen molar-refractivity contribution in [3.8, 4) is 5.75 Å². The number of unbranched alkanes of at least 4 members (excludes halogenated alkanes) is 1. The number of carboxylic acid groups (broad SMARTS) is 2.